The highest BCUT2D eigenvalue weighted by molar-refractivity contribution is 5.95. The normalized spacial score (nSPS) is 14.4. The van der Waals surface area contributed by atoms with Crippen LogP contribution < -0.4 is 16.8 Å². The minimum atomic E-state index is -0.522. The SMILES string of the molecule is NC(=O)c1ccc(NCC(=O)N2CCCC2)c(N)c1. The number of amides is 2. The summed E-state index contributed by atoms with van der Waals surface area (Å²) < 4.78 is 0. The zero-order valence-corrected chi connectivity index (χ0v) is 10.7. The number of hydrogen-bond donors (Lipinski definition) is 3. The van der Waals surface area contributed by atoms with Crippen molar-refractivity contribution in [3.05, 3.63) is 23.8 Å². The van der Waals surface area contributed by atoms with Crippen LogP contribution in [0.5, 0.6) is 0 Å². The zero-order chi connectivity index (χ0) is 13.8. The molecule has 1 heterocycles. The molecule has 1 aromatic rings. The molecule has 1 aliphatic heterocycles. The topological polar surface area (TPSA) is 101 Å². The molecule has 1 aromatic carbocycles. The fourth-order valence-electron chi connectivity index (χ4n) is 2.13. The number of nitrogens with one attached hydrogen (secondary N) is 1. The zero-order valence-electron chi connectivity index (χ0n) is 10.7. The number of carbonyl (C=O) groups is 2. The van der Waals surface area contributed by atoms with Gasteiger partial charge in [0.1, 0.15) is 0 Å². The lowest BCUT2D eigenvalue weighted by molar-refractivity contribution is -0.128. The molecule has 2 amide bonds. The van der Waals surface area contributed by atoms with E-state index in [1.165, 1.54) is 6.07 Å². The van der Waals surface area contributed by atoms with Gasteiger partial charge in [0.15, 0.2) is 0 Å². The molecular weight excluding hydrogens is 244 g/mol. The lowest BCUT2D eigenvalue weighted by atomic mass is 10.1. The second kappa shape index (κ2) is 5.60. The van der Waals surface area contributed by atoms with Gasteiger partial charge in [-0.15, -0.1) is 0 Å². The molecule has 1 saturated heterocycles. The van der Waals surface area contributed by atoms with Crippen LogP contribution in [0.15, 0.2) is 18.2 Å². The summed E-state index contributed by atoms with van der Waals surface area (Å²) >= 11 is 0. The molecule has 2 rings (SSSR count). The van der Waals surface area contributed by atoms with Gasteiger partial charge in [-0.3, -0.25) is 9.59 Å². The van der Waals surface area contributed by atoms with Gasteiger partial charge in [-0.25, -0.2) is 0 Å². The van der Waals surface area contributed by atoms with Gasteiger partial charge in [-0.1, -0.05) is 0 Å². The third-order valence-electron chi connectivity index (χ3n) is 3.22. The van der Waals surface area contributed by atoms with Gasteiger partial charge >= 0.3 is 0 Å². The largest absolute Gasteiger partial charge is 0.397 e. The Morgan fingerprint density at radius 3 is 2.53 bits per heavy atom. The minimum Gasteiger partial charge on any atom is -0.397 e. The van der Waals surface area contributed by atoms with Crippen LogP contribution in [-0.4, -0.2) is 36.3 Å². The standard InChI is InChI=1S/C13H18N4O2/c14-10-7-9(13(15)19)3-4-11(10)16-8-12(18)17-5-1-2-6-17/h3-4,7,16H,1-2,5-6,8,14H2,(H2,15,19). The van der Waals surface area contributed by atoms with Gasteiger partial charge in [0.05, 0.1) is 17.9 Å². The first kappa shape index (κ1) is 13.2. The molecule has 0 aromatic heterocycles. The Morgan fingerprint density at radius 1 is 1.26 bits per heavy atom. The van der Waals surface area contributed by atoms with Crippen molar-refractivity contribution in [3.8, 4) is 0 Å². The van der Waals surface area contributed by atoms with Crippen molar-refractivity contribution in [1.29, 1.82) is 0 Å². The number of rotatable bonds is 4. The second-order valence-electron chi connectivity index (χ2n) is 4.61. The van der Waals surface area contributed by atoms with Crippen molar-refractivity contribution in [2.24, 2.45) is 5.73 Å². The molecule has 0 atom stereocenters. The molecule has 0 bridgehead atoms. The Labute approximate surface area is 111 Å². The Balaban J connectivity index is 1.95. The molecule has 6 nitrogen and oxygen atoms in total. The first-order valence-electron chi connectivity index (χ1n) is 6.29. The van der Waals surface area contributed by atoms with E-state index < -0.39 is 5.91 Å². The predicted molar refractivity (Wildman–Crippen MR) is 73.7 cm³/mol. The van der Waals surface area contributed by atoms with E-state index in [-0.39, 0.29) is 12.5 Å². The van der Waals surface area contributed by atoms with Crippen molar-refractivity contribution >= 4 is 23.2 Å². The average Bonchev–Trinajstić information content (AvgIpc) is 2.90. The van der Waals surface area contributed by atoms with Gasteiger partial charge in [0.25, 0.3) is 0 Å². The highest BCUT2D eigenvalue weighted by atomic mass is 16.2. The number of anilines is 2. The number of nitrogen functional groups attached to an aromatic ring is 1. The van der Waals surface area contributed by atoms with Crippen LogP contribution in [0.2, 0.25) is 0 Å². The van der Waals surface area contributed by atoms with Crippen LogP contribution in [0.3, 0.4) is 0 Å². The molecule has 5 N–H and O–H groups in total. The van der Waals surface area contributed by atoms with Crippen LogP contribution in [-0.2, 0) is 4.79 Å². The Bertz CT molecular complexity index is 495. The molecule has 102 valence electrons. The maximum atomic E-state index is 11.9. The average molecular weight is 262 g/mol. The highest BCUT2D eigenvalue weighted by Crippen LogP contribution is 2.19. The Hall–Kier alpha value is -2.24. The summed E-state index contributed by atoms with van der Waals surface area (Å²) in [5, 5.41) is 2.99. The molecule has 19 heavy (non-hydrogen) atoms. The molecular formula is C13H18N4O2. The molecule has 0 saturated carbocycles. The van der Waals surface area contributed by atoms with Gasteiger partial charge in [-0.05, 0) is 31.0 Å². The number of likely N-dealkylation sites (tertiary alicyclic amines) is 1. The smallest absolute Gasteiger partial charge is 0.248 e. The van der Waals surface area contributed by atoms with Crippen LogP contribution in [0.4, 0.5) is 11.4 Å². The van der Waals surface area contributed by atoms with E-state index in [1.54, 1.807) is 12.1 Å². The highest BCUT2D eigenvalue weighted by Gasteiger charge is 2.17. The first-order chi connectivity index (χ1) is 9.08. The van der Waals surface area contributed by atoms with Crippen LogP contribution >= 0.6 is 0 Å². The minimum absolute atomic E-state index is 0.0656. The summed E-state index contributed by atoms with van der Waals surface area (Å²) in [6, 6.07) is 4.75. The van der Waals surface area contributed by atoms with E-state index in [0.29, 0.717) is 16.9 Å². The summed E-state index contributed by atoms with van der Waals surface area (Å²) in [4.78, 5) is 24.7. The fourth-order valence-corrected chi connectivity index (χ4v) is 2.13. The monoisotopic (exact) mass is 262 g/mol. The maximum absolute atomic E-state index is 11.9. The van der Waals surface area contributed by atoms with Gasteiger partial charge in [0.2, 0.25) is 11.8 Å². The summed E-state index contributed by atoms with van der Waals surface area (Å²) in [5.41, 5.74) is 12.4. The Kier molecular flexibility index (Phi) is 3.89. The second-order valence-corrected chi connectivity index (χ2v) is 4.61. The number of nitrogens with zero attached hydrogens (tertiary/aromatic N) is 1. The van der Waals surface area contributed by atoms with Crippen molar-refractivity contribution in [2.45, 2.75) is 12.8 Å². The predicted octanol–water partition coefficient (Wildman–Crippen LogP) is 0.402. The maximum Gasteiger partial charge on any atom is 0.248 e. The molecule has 0 spiro atoms. The Morgan fingerprint density at radius 2 is 1.95 bits per heavy atom. The number of nitrogens with two attached hydrogens (primary N) is 2. The molecule has 0 unspecified atom stereocenters. The van der Waals surface area contributed by atoms with Gasteiger partial charge < -0.3 is 21.7 Å². The fraction of sp³-hybridized carbons (Fsp3) is 0.385. The van der Waals surface area contributed by atoms with Crippen LogP contribution in [0.1, 0.15) is 23.2 Å². The molecule has 0 aliphatic carbocycles. The lowest BCUT2D eigenvalue weighted by Crippen LogP contribution is -2.33. The van der Waals surface area contributed by atoms with E-state index >= 15 is 0 Å². The summed E-state index contributed by atoms with van der Waals surface area (Å²) in [5.74, 6) is -0.456. The number of benzene rings is 1. The van der Waals surface area contributed by atoms with Crippen LogP contribution in [0, 0.1) is 0 Å². The van der Waals surface area contributed by atoms with Crippen molar-refractivity contribution < 1.29 is 9.59 Å². The van der Waals surface area contributed by atoms with E-state index in [9.17, 15) is 9.59 Å². The quantitative estimate of drug-likeness (QED) is 0.684. The summed E-state index contributed by atoms with van der Waals surface area (Å²) in [6.45, 7) is 1.87. The molecule has 6 heteroatoms. The molecule has 1 aliphatic rings. The van der Waals surface area contributed by atoms with Gasteiger partial charge in [-0.2, -0.15) is 0 Å². The lowest BCUT2D eigenvalue weighted by Gasteiger charge is -2.16. The molecule has 0 radical (unpaired) electrons. The van der Waals surface area contributed by atoms with E-state index in [2.05, 4.69) is 5.32 Å². The van der Waals surface area contributed by atoms with Crippen molar-refractivity contribution in [1.82, 2.24) is 4.90 Å². The van der Waals surface area contributed by atoms with Crippen LogP contribution in [0.25, 0.3) is 0 Å². The summed E-state index contributed by atoms with van der Waals surface area (Å²) in [7, 11) is 0. The van der Waals surface area contributed by atoms with Crippen molar-refractivity contribution in [2.75, 3.05) is 30.7 Å². The van der Waals surface area contributed by atoms with E-state index in [0.717, 1.165) is 25.9 Å². The van der Waals surface area contributed by atoms with E-state index in [4.69, 9.17) is 11.5 Å². The number of primary amides is 1. The summed E-state index contributed by atoms with van der Waals surface area (Å²) in [6.07, 6.45) is 2.14. The third-order valence-corrected chi connectivity index (χ3v) is 3.22. The number of hydrogen-bond acceptors (Lipinski definition) is 4. The third kappa shape index (κ3) is 3.15. The first-order valence-corrected chi connectivity index (χ1v) is 6.29. The van der Waals surface area contributed by atoms with Crippen molar-refractivity contribution in [3.63, 3.8) is 0 Å². The molecule has 1 fully saturated rings. The number of carbonyl (C=O) groups excluding carboxylic acids is 2. The van der Waals surface area contributed by atoms with Gasteiger partial charge in [0, 0.05) is 18.7 Å². The van der Waals surface area contributed by atoms with E-state index in [1.807, 2.05) is 4.90 Å².